The minimum Gasteiger partial charge on any atom is -0.379 e. The molecule has 2 fully saturated rings. The first-order valence-electron chi connectivity index (χ1n) is 9.13. The van der Waals surface area contributed by atoms with Crippen molar-refractivity contribution in [2.75, 3.05) is 39.4 Å². The molecule has 0 radical (unpaired) electrons. The molecule has 1 amide bonds. The summed E-state index contributed by atoms with van der Waals surface area (Å²) in [4.78, 5) is 18.0. The standard InChI is InChI=1S/C17H28N4O2S/c1-3-4-15-16(24-19-18-15)17(22)21-7-5-14(6-8-21)13(2)20-9-11-23-12-10-20/h13-14H,3-12H2,1-2H3/t13-/m1/s1. The monoisotopic (exact) mass is 352 g/mol. The molecule has 0 aromatic carbocycles. The van der Waals surface area contributed by atoms with Gasteiger partial charge in [-0.1, -0.05) is 17.8 Å². The first kappa shape index (κ1) is 17.8. The predicted octanol–water partition coefficient (Wildman–Crippen LogP) is 2.06. The number of nitrogens with zero attached hydrogens (tertiary/aromatic N) is 4. The van der Waals surface area contributed by atoms with Crippen LogP contribution in [-0.2, 0) is 11.2 Å². The third-order valence-electron chi connectivity index (χ3n) is 5.37. The van der Waals surface area contributed by atoms with Gasteiger partial charge in [0.25, 0.3) is 5.91 Å². The topological polar surface area (TPSA) is 58.6 Å². The van der Waals surface area contributed by atoms with Gasteiger partial charge < -0.3 is 9.64 Å². The summed E-state index contributed by atoms with van der Waals surface area (Å²) in [5, 5.41) is 4.13. The Morgan fingerprint density at radius 2 is 2.00 bits per heavy atom. The number of likely N-dealkylation sites (tertiary alicyclic amines) is 1. The van der Waals surface area contributed by atoms with Crippen molar-refractivity contribution in [1.29, 1.82) is 0 Å². The number of amides is 1. The van der Waals surface area contributed by atoms with Crippen molar-refractivity contribution in [2.24, 2.45) is 5.92 Å². The summed E-state index contributed by atoms with van der Waals surface area (Å²) in [7, 11) is 0. The predicted molar refractivity (Wildman–Crippen MR) is 94.4 cm³/mol. The lowest BCUT2D eigenvalue weighted by Crippen LogP contribution is -2.49. The fourth-order valence-corrected chi connectivity index (χ4v) is 4.46. The van der Waals surface area contributed by atoms with E-state index in [1.54, 1.807) is 0 Å². The van der Waals surface area contributed by atoms with Crippen molar-refractivity contribution in [3.63, 3.8) is 0 Å². The minimum atomic E-state index is 0.130. The number of ether oxygens (including phenoxy) is 1. The van der Waals surface area contributed by atoms with Crippen LogP contribution in [0.25, 0.3) is 0 Å². The molecule has 1 aromatic rings. The van der Waals surface area contributed by atoms with Gasteiger partial charge in [-0.25, -0.2) is 0 Å². The van der Waals surface area contributed by atoms with Crippen LogP contribution in [0.2, 0.25) is 0 Å². The summed E-state index contributed by atoms with van der Waals surface area (Å²) >= 11 is 1.25. The molecule has 6 nitrogen and oxygen atoms in total. The van der Waals surface area contributed by atoms with E-state index in [0.29, 0.717) is 12.0 Å². The lowest BCUT2D eigenvalue weighted by Gasteiger charge is -2.40. The highest BCUT2D eigenvalue weighted by Crippen LogP contribution is 2.26. The van der Waals surface area contributed by atoms with Crippen molar-refractivity contribution in [1.82, 2.24) is 19.4 Å². The second-order valence-corrected chi connectivity index (χ2v) is 7.57. The van der Waals surface area contributed by atoms with Crippen LogP contribution in [-0.4, -0.2) is 70.7 Å². The summed E-state index contributed by atoms with van der Waals surface area (Å²) in [6, 6.07) is 0.576. The number of aromatic nitrogens is 2. The molecular weight excluding hydrogens is 324 g/mol. The molecule has 2 aliphatic rings. The van der Waals surface area contributed by atoms with Crippen LogP contribution in [0, 0.1) is 5.92 Å². The zero-order valence-corrected chi connectivity index (χ0v) is 15.6. The smallest absolute Gasteiger partial charge is 0.267 e. The normalized spacial score (nSPS) is 21.8. The van der Waals surface area contributed by atoms with E-state index >= 15 is 0 Å². The third kappa shape index (κ3) is 3.95. The summed E-state index contributed by atoms with van der Waals surface area (Å²) in [5.41, 5.74) is 0.872. The van der Waals surface area contributed by atoms with Crippen molar-refractivity contribution < 1.29 is 9.53 Å². The quantitative estimate of drug-likeness (QED) is 0.812. The van der Waals surface area contributed by atoms with Crippen molar-refractivity contribution in [3.05, 3.63) is 10.6 Å². The third-order valence-corrected chi connectivity index (χ3v) is 6.12. The number of morpholine rings is 1. The summed E-state index contributed by atoms with van der Waals surface area (Å²) in [6.07, 6.45) is 3.99. The number of hydrogen-bond donors (Lipinski definition) is 0. The maximum Gasteiger partial charge on any atom is 0.267 e. The Morgan fingerprint density at radius 1 is 1.29 bits per heavy atom. The van der Waals surface area contributed by atoms with E-state index in [-0.39, 0.29) is 5.91 Å². The Bertz CT molecular complexity index is 536. The Hall–Kier alpha value is -1.05. The van der Waals surface area contributed by atoms with Crippen molar-refractivity contribution in [3.8, 4) is 0 Å². The van der Waals surface area contributed by atoms with Gasteiger partial charge in [0, 0.05) is 32.2 Å². The van der Waals surface area contributed by atoms with Crippen molar-refractivity contribution in [2.45, 2.75) is 45.6 Å². The molecule has 0 unspecified atom stereocenters. The first-order valence-corrected chi connectivity index (χ1v) is 9.90. The number of aryl methyl sites for hydroxylation is 1. The number of hydrogen-bond acceptors (Lipinski definition) is 6. The van der Waals surface area contributed by atoms with Gasteiger partial charge in [0.2, 0.25) is 0 Å². The second kappa shape index (κ2) is 8.36. The van der Waals surface area contributed by atoms with Crippen molar-refractivity contribution >= 4 is 17.4 Å². The van der Waals surface area contributed by atoms with E-state index in [9.17, 15) is 4.79 Å². The highest BCUT2D eigenvalue weighted by Gasteiger charge is 2.31. The molecular formula is C17H28N4O2S. The maximum absolute atomic E-state index is 12.8. The van der Waals surface area contributed by atoms with E-state index in [1.165, 1.54) is 11.5 Å². The second-order valence-electron chi connectivity index (χ2n) is 6.82. The van der Waals surface area contributed by atoms with E-state index < -0.39 is 0 Å². The maximum atomic E-state index is 12.8. The molecule has 134 valence electrons. The van der Waals surface area contributed by atoms with Gasteiger partial charge in [-0.3, -0.25) is 9.69 Å². The highest BCUT2D eigenvalue weighted by molar-refractivity contribution is 7.08. The Morgan fingerprint density at radius 3 is 2.67 bits per heavy atom. The Balaban J connectivity index is 1.54. The average molecular weight is 353 g/mol. The number of rotatable bonds is 5. The van der Waals surface area contributed by atoms with E-state index in [1.807, 2.05) is 4.90 Å². The van der Waals surface area contributed by atoms with Gasteiger partial charge >= 0.3 is 0 Å². The summed E-state index contributed by atoms with van der Waals surface area (Å²) in [5.74, 6) is 0.799. The van der Waals surface area contributed by atoms with Gasteiger partial charge in [-0.2, -0.15) is 0 Å². The molecule has 3 rings (SSSR count). The minimum absolute atomic E-state index is 0.130. The number of carbonyl (C=O) groups excluding carboxylic acids is 1. The largest absolute Gasteiger partial charge is 0.379 e. The fraction of sp³-hybridized carbons (Fsp3) is 0.824. The molecule has 3 heterocycles. The number of piperidine rings is 1. The first-order chi connectivity index (χ1) is 11.7. The van der Waals surface area contributed by atoms with Gasteiger partial charge in [-0.05, 0) is 43.6 Å². The number of carbonyl (C=O) groups is 1. The summed E-state index contributed by atoms with van der Waals surface area (Å²) in [6.45, 7) is 9.90. The molecule has 2 aliphatic heterocycles. The molecule has 24 heavy (non-hydrogen) atoms. The van der Waals surface area contributed by atoms with Crippen LogP contribution in [0.1, 0.15) is 48.5 Å². The molecule has 0 N–H and O–H groups in total. The van der Waals surface area contributed by atoms with E-state index in [0.717, 1.165) is 75.6 Å². The molecule has 0 bridgehead atoms. The summed E-state index contributed by atoms with van der Waals surface area (Å²) < 4.78 is 9.44. The molecule has 0 spiro atoms. The zero-order valence-electron chi connectivity index (χ0n) is 14.7. The molecule has 0 saturated carbocycles. The molecule has 1 atom stereocenters. The Labute approximate surface area is 148 Å². The lowest BCUT2D eigenvalue weighted by atomic mass is 9.89. The van der Waals surface area contributed by atoms with Crippen LogP contribution in [0.5, 0.6) is 0 Å². The van der Waals surface area contributed by atoms with Crippen LogP contribution < -0.4 is 0 Å². The van der Waals surface area contributed by atoms with Gasteiger partial charge in [-0.15, -0.1) is 5.10 Å². The van der Waals surface area contributed by atoms with Crippen LogP contribution >= 0.6 is 11.5 Å². The van der Waals surface area contributed by atoms with Crippen LogP contribution in [0.4, 0.5) is 0 Å². The van der Waals surface area contributed by atoms with E-state index in [4.69, 9.17) is 4.74 Å². The van der Waals surface area contributed by atoms with Gasteiger partial charge in [0.1, 0.15) is 4.88 Å². The SMILES string of the molecule is CCCc1nnsc1C(=O)N1CCC([C@@H](C)N2CCOCC2)CC1. The van der Waals surface area contributed by atoms with Crippen LogP contribution in [0.3, 0.4) is 0 Å². The average Bonchev–Trinajstić information content (AvgIpc) is 3.10. The van der Waals surface area contributed by atoms with Gasteiger partial charge in [0.05, 0.1) is 18.9 Å². The highest BCUT2D eigenvalue weighted by atomic mass is 32.1. The molecule has 0 aliphatic carbocycles. The molecule has 1 aromatic heterocycles. The Kier molecular flexibility index (Phi) is 6.19. The lowest BCUT2D eigenvalue weighted by molar-refractivity contribution is -0.000927. The molecule has 7 heteroatoms. The van der Waals surface area contributed by atoms with E-state index in [2.05, 4.69) is 28.3 Å². The van der Waals surface area contributed by atoms with Crippen LogP contribution in [0.15, 0.2) is 0 Å². The molecule has 2 saturated heterocycles. The van der Waals surface area contributed by atoms with Gasteiger partial charge in [0.15, 0.2) is 0 Å². The zero-order chi connectivity index (χ0) is 16.9. The fourth-order valence-electron chi connectivity index (χ4n) is 3.78.